The van der Waals surface area contributed by atoms with Crippen LogP contribution >= 0.6 is 0 Å². The molecule has 1 aromatic carbocycles. The first-order valence-corrected chi connectivity index (χ1v) is 8.65. The van der Waals surface area contributed by atoms with Crippen LogP contribution in [0.25, 0.3) is 0 Å². The van der Waals surface area contributed by atoms with Crippen LogP contribution in [0.5, 0.6) is 0 Å². The zero-order valence-electron chi connectivity index (χ0n) is 13.9. The summed E-state index contributed by atoms with van der Waals surface area (Å²) in [5, 5.41) is 2.84. The van der Waals surface area contributed by atoms with Gasteiger partial charge in [0.1, 0.15) is 0 Å². The first-order chi connectivity index (χ1) is 11.1. The number of carbonyl (C=O) groups excluding carboxylic acids is 2. The molecule has 1 amide bonds. The molecule has 2 rings (SSSR count). The molecule has 1 fully saturated rings. The number of esters is 1. The van der Waals surface area contributed by atoms with Crippen molar-refractivity contribution in [2.75, 3.05) is 6.61 Å². The second-order valence-electron chi connectivity index (χ2n) is 6.40. The van der Waals surface area contributed by atoms with E-state index in [0.29, 0.717) is 12.3 Å². The average Bonchev–Trinajstić information content (AvgIpc) is 2.60. The van der Waals surface area contributed by atoms with Gasteiger partial charge in [-0.15, -0.1) is 0 Å². The van der Waals surface area contributed by atoms with E-state index in [1.165, 1.54) is 32.1 Å². The average molecular weight is 317 g/mol. The molecule has 0 spiro atoms. The Kier molecular flexibility index (Phi) is 7.11. The van der Waals surface area contributed by atoms with Crippen LogP contribution in [0, 0.1) is 5.92 Å². The van der Waals surface area contributed by atoms with Gasteiger partial charge in [0.25, 0.3) is 5.91 Å². The minimum absolute atomic E-state index is 0.0929. The molecular formula is C19H27NO3. The van der Waals surface area contributed by atoms with E-state index in [1.807, 2.05) is 37.3 Å². The number of hydrogen-bond donors (Lipinski definition) is 1. The van der Waals surface area contributed by atoms with Crippen molar-refractivity contribution in [2.24, 2.45) is 5.92 Å². The zero-order valence-corrected chi connectivity index (χ0v) is 13.9. The fourth-order valence-electron chi connectivity index (χ4n) is 3.12. The molecule has 0 heterocycles. The number of benzene rings is 1. The summed E-state index contributed by atoms with van der Waals surface area (Å²) in [7, 11) is 0. The Balaban J connectivity index is 1.62. The second kappa shape index (κ2) is 9.33. The Hall–Kier alpha value is -1.84. The highest BCUT2D eigenvalue weighted by atomic mass is 16.5. The minimum Gasteiger partial charge on any atom is -0.456 e. The molecule has 1 N–H and O–H groups in total. The van der Waals surface area contributed by atoms with Crippen molar-refractivity contribution in [3.63, 3.8) is 0 Å². The lowest BCUT2D eigenvalue weighted by Gasteiger charge is -2.20. The van der Waals surface area contributed by atoms with Crippen molar-refractivity contribution in [3.8, 4) is 0 Å². The molecule has 0 aliphatic heterocycles. The molecule has 0 saturated heterocycles. The maximum Gasteiger partial charge on any atom is 0.306 e. The quantitative estimate of drug-likeness (QED) is 0.779. The molecule has 1 atom stereocenters. The molecule has 1 aliphatic carbocycles. The van der Waals surface area contributed by atoms with Gasteiger partial charge in [-0.3, -0.25) is 9.59 Å². The van der Waals surface area contributed by atoms with Gasteiger partial charge >= 0.3 is 5.97 Å². The zero-order chi connectivity index (χ0) is 16.5. The molecule has 4 heteroatoms. The SMILES string of the molecule is C[C@H](NC(=O)COC(=O)CCC1CCCCC1)c1ccccc1. The molecule has 1 saturated carbocycles. The highest BCUT2D eigenvalue weighted by Crippen LogP contribution is 2.27. The van der Waals surface area contributed by atoms with Gasteiger partial charge in [-0.05, 0) is 24.8 Å². The van der Waals surface area contributed by atoms with E-state index < -0.39 is 0 Å². The van der Waals surface area contributed by atoms with Gasteiger partial charge < -0.3 is 10.1 Å². The normalized spacial score (nSPS) is 16.6. The van der Waals surface area contributed by atoms with Gasteiger partial charge in [0.15, 0.2) is 6.61 Å². The number of ether oxygens (including phenoxy) is 1. The van der Waals surface area contributed by atoms with Crippen LogP contribution in [0.4, 0.5) is 0 Å². The first kappa shape index (κ1) is 17.5. The van der Waals surface area contributed by atoms with Crippen molar-refractivity contribution in [1.82, 2.24) is 5.32 Å². The van der Waals surface area contributed by atoms with Gasteiger partial charge in [-0.1, -0.05) is 62.4 Å². The molecule has 0 unspecified atom stereocenters. The smallest absolute Gasteiger partial charge is 0.306 e. The van der Waals surface area contributed by atoms with Crippen LogP contribution in [0.1, 0.15) is 63.5 Å². The minimum atomic E-state index is -0.266. The fraction of sp³-hybridized carbons (Fsp3) is 0.579. The third-order valence-electron chi connectivity index (χ3n) is 4.52. The predicted octanol–water partition coefficient (Wildman–Crippen LogP) is 3.77. The van der Waals surface area contributed by atoms with Crippen molar-refractivity contribution < 1.29 is 14.3 Å². The van der Waals surface area contributed by atoms with E-state index in [2.05, 4.69) is 5.32 Å². The van der Waals surface area contributed by atoms with Crippen molar-refractivity contribution in [1.29, 1.82) is 0 Å². The van der Waals surface area contributed by atoms with Gasteiger partial charge in [0, 0.05) is 6.42 Å². The van der Waals surface area contributed by atoms with Crippen LogP contribution in [-0.4, -0.2) is 18.5 Å². The number of hydrogen-bond acceptors (Lipinski definition) is 3. The third kappa shape index (κ3) is 6.43. The highest BCUT2D eigenvalue weighted by Gasteiger charge is 2.16. The summed E-state index contributed by atoms with van der Waals surface area (Å²) >= 11 is 0. The van der Waals surface area contributed by atoms with E-state index in [9.17, 15) is 9.59 Å². The van der Waals surface area contributed by atoms with E-state index in [-0.39, 0.29) is 24.5 Å². The van der Waals surface area contributed by atoms with E-state index in [0.717, 1.165) is 12.0 Å². The van der Waals surface area contributed by atoms with Crippen LogP contribution in [-0.2, 0) is 14.3 Å². The molecule has 4 nitrogen and oxygen atoms in total. The van der Waals surface area contributed by atoms with Gasteiger partial charge in [0.2, 0.25) is 0 Å². The number of carbonyl (C=O) groups is 2. The maximum absolute atomic E-state index is 11.8. The lowest BCUT2D eigenvalue weighted by Crippen LogP contribution is -2.31. The molecule has 1 aromatic rings. The van der Waals surface area contributed by atoms with Gasteiger partial charge in [-0.25, -0.2) is 0 Å². The third-order valence-corrected chi connectivity index (χ3v) is 4.52. The molecular weight excluding hydrogens is 290 g/mol. The van der Waals surface area contributed by atoms with E-state index in [1.54, 1.807) is 0 Å². The lowest BCUT2D eigenvalue weighted by molar-refractivity contribution is -0.149. The van der Waals surface area contributed by atoms with Crippen molar-refractivity contribution in [3.05, 3.63) is 35.9 Å². The van der Waals surface area contributed by atoms with E-state index in [4.69, 9.17) is 4.74 Å². The Morgan fingerprint density at radius 1 is 1.17 bits per heavy atom. The fourth-order valence-corrected chi connectivity index (χ4v) is 3.12. The summed E-state index contributed by atoms with van der Waals surface area (Å²) in [5.41, 5.74) is 1.03. The van der Waals surface area contributed by atoms with Gasteiger partial charge in [0.05, 0.1) is 6.04 Å². The Morgan fingerprint density at radius 2 is 1.87 bits per heavy atom. The van der Waals surface area contributed by atoms with Gasteiger partial charge in [-0.2, -0.15) is 0 Å². The number of rotatable bonds is 7. The van der Waals surface area contributed by atoms with Crippen molar-refractivity contribution >= 4 is 11.9 Å². The molecule has 23 heavy (non-hydrogen) atoms. The highest BCUT2D eigenvalue weighted by molar-refractivity contribution is 5.80. The molecule has 1 aliphatic rings. The van der Waals surface area contributed by atoms with Crippen LogP contribution in [0.2, 0.25) is 0 Å². The largest absolute Gasteiger partial charge is 0.456 e. The summed E-state index contributed by atoms with van der Waals surface area (Å²) in [4.78, 5) is 23.6. The first-order valence-electron chi connectivity index (χ1n) is 8.65. The molecule has 0 radical (unpaired) electrons. The standard InChI is InChI=1S/C19H27NO3/c1-15(17-10-6-3-7-11-17)20-18(21)14-23-19(22)13-12-16-8-4-2-5-9-16/h3,6-7,10-11,15-16H,2,4-5,8-9,12-14H2,1H3,(H,20,21)/t15-/m0/s1. The summed E-state index contributed by atoms with van der Waals surface area (Å²) < 4.78 is 5.08. The maximum atomic E-state index is 11.8. The molecule has 0 aromatic heterocycles. The molecule has 126 valence electrons. The Bertz CT molecular complexity index is 495. The number of nitrogens with one attached hydrogen (secondary N) is 1. The predicted molar refractivity (Wildman–Crippen MR) is 89.8 cm³/mol. The van der Waals surface area contributed by atoms with Crippen LogP contribution < -0.4 is 5.32 Å². The van der Waals surface area contributed by atoms with E-state index >= 15 is 0 Å². The summed E-state index contributed by atoms with van der Waals surface area (Å²) in [5.74, 6) is 0.133. The second-order valence-corrected chi connectivity index (χ2v) is 6.40. The summed E-state index contributed by atoms with van der Waals surface area (Å²) in [6, 6.07) is 9.63. The number of amides is 1. The topological polar surface area (TPSA) is 55.4 Å². The van der Waals surface area contributed by atoms with Crippen LogP contribution in [0.15, 0.2) is 30.3 Å². The lowest BCUT2D eigenvalue weighted by atomic mass is 9.86. The Morgan fingerprint density at radius 3 is 2.57 bits per heavy atom. The Labute approximate surface area is 138 Å². The monoisotopic (exact) mass is 317 g/mol. The summed E-state index contributed by atoms with van der Waals surface area (Å²) in [6.45, 7) is 1.72. The summed E-state index contributed by atoms with van der Waals surface area (Å²) in [6.07, 6.45) is 7.64. The molecule has 0 bridgehead atoms. The van der Waals surface area contributed by atoms with Crippen molar-refractivity contribution in [2.45, 2.75) is 57.9 Å². The van der Waals surface area contributed by atoms with Crippen LogP contribution in [0.3, 0.4) is 0 Å².